The summed E-state index contributed by atoms with van der Waals surface area (Å²) < 4.78 is 14.0. The van der Waals surface area contributed by atoms with Crippen LogP contribution in [0.15, 0.2) is 27.8 Å². The lowest BCUT2D eigenvalue weighted by Gasteiger charge is -2.25. The highest BCUT2D eigenvalue weighted by molar-refractivity contribution is 5.78. The number of hydrogen-bond acceptors (Lipinski definition) is 5. The van der Waals surface area contributed by atoms with Crippen LogP contribution in [0.3, 0.4) is 0 Å². The molecular formula is C20H24FN3O3. The normalized spacial score (nSPS) is 19.8. The second-order valence-electron chi connectivity index (χ2n) is 7.41. The number of hydrogen-bond donors (Lipinski definition) is 3. The number of carbonyl (C=O) groups excluding carboxylic acids is 1. The Kier molecular flexibility index (Phi) is 5.58. The molecule has 2 aromatic rings. The Morgan fingerprint density at radius 1 is 1.22 bits per heavy atom. The first-order chi connectivity index (χ1) is 12.9. The first-order valence-electron chi connectivity index (χ1n) is 9.24. The zero-order valence-corrected chi connectivity index (χ0v) is 15.3. The molecule has 0 saturated heterocycles. The Bertz CT molecular complexity index is 918. The smallest absolute Gasteiger partial charge is 0.253 e. The summed E-state index contributed by atoms with van der Waals surface area (Å²) >= 11 is 0. The Morgan fingerprint density at radius 2 is 2.00 bits per heavy atom. The molecule has 1 amide bonds. The van der Waals surface area contributed by atoms with Crippen molar-refractivity contribution in [2.45, 2.75) is 45.7 Å². The van der Waals surface area contributed by atoms with E-state index >= 15 is 0 Å². The lowest BCUT2D eigenvalue weighted by atomic mass is 9.82. The maximum absolute atomic E-state index is 14.0. The highest BCUT2D eigenvalue weighted by Gasteiger charge is 2.24. The summed E-state index contributed by atoms with van der Waals surface area (Å²) in [6.07, 6.45) is 4.07. The van der Waals surface area contributed by atoms with Crippen molar-refractivity contribution < 1.29 is 9.18 Å². The van der Waals surface area contributed by atoms with E-state index < -0.39 is 16.7 Å². The molecule has 2 aromatic carbocycles. The molecule has 1 saturated carbocycles. The van der Waals surface area contributed by atoms with Crippen molar-refractivity contribution in [3.63, 3.8) is 0 Å². The Morgan fingerprint density at radius 3 is 2.70 bits per heavy atom. The largest absolute Gasteiger partial charge is 0.394 e. The van der Waals surface area contributed by atoms with Gasteiger partial charge in [0, 0.05) is 24.6 Å². The second-order valence-corrected chi connectivity index (χ2v) is 7.41. The number of carbonyl (C=O) groups is 1. The topological polar surface area (TPSA) is 101 Å². The molecule has 2 atom stereocenters. The van der Waals surface area contributed by atoms with Gasteiger partial charge in [-0.1, -0.05) is 25.8 Å². The fourth-order valence-corrected chi connectivity index (χ4v) is 3.65. The maximum Gasteiger partial charge on any atom is 0.253 e. The van der Waals surface area contributed by atoms with Gasteiger partial charge in [0.1, 0.15) is 17.2 Å². The molecular weight excluding hydrogens is 349 g/mol. The molecule has 0 bridgehead atoms. The first kappa shape index (κ1) is 19.1. The minimum atomic E-state index is -0.716. The molecule has 1 aliphatic carbocycles. The van der Waals surface area contributed by atoms with Gasteiger partial charge in [-0.15, -0.1) is 0 Å². The van der Waals surface area contributed by atoms with E-state index in [0.717, 1.165) is 24.8 Å². The molecule has 3 rings (SSSR count). The lowest BCUT2D eigenvalue weighted by molar-refractivity contribution is -0.126. The summed E-state index contributed by atoms with van der Waals surface area (Å²) in [5.41, 5.74) is 5.07. The minimum Gasteiger partial charge on any atom is -0.394 e. The Labute approximate surface area is 156 Å². The van der Waals surface area contributed by atoms with Gasteiger partial charge in [-0.25, -0.2) is 4.39 Å². The summed E-state index contributed by atoms with van der Waals surface area (Å²) in [5, 5.41) is 5.64. The van der Waals surface area contributed by atoms with E-state index in [0.29, 0.717) is 18.0 Å². The van der Waals surface area contributed by atoms with Crippen molar-refractivity contribution in [3.05, 3.63) is 55.6 Å². The van der Waals surface area contributed by atoms with Crippen LogP contribution in [0.4, 0.5) is 15.8 Å². The molecule has 0 spiro atoms. The predicted molar refractivity (Wildman–Crippen MR) is 102 cm³/mol. The highest BCUT2D eigenvalue weighted by atomic mass is 19.1. The van der Waals surface area contributed by atoms with E-state index in [4.69, 9.17) is 5.73 Å². The number of rotatable bonds is 6. The third kappa shape index (κ3) is 4.18. The molecule has 0 aromatic heterocycles. The molecule has 1 aliphatic rings. The van der Waals surface area contributed by atoms with E-state index in [-0.39, 0.29) is 29.7 Å². The number of nitrogen functional groups attached to an aromatic ring is 1. The van der Waals surface area contributed by atoms with Gasteiger partial charge in [0.15, 0.2) is 0 Å². The molecule has 1 fully saturated rings. The van der Waals surface area contributed by atoms with Crippen molar-refractivity contribution in [2.75, 3.05) is 11.1 Å². The number of nitrogens with one attached hydrogen (secondary N) is 2. The molecule has 27 heavy (non-hydrogen) atoms. The van der Waals surface area contributed by atoms with Crippen LogP contribution in [0.5, 0.6) is 0 Å². The lowest BCUT2D eigenvalue weighted by Crippen LogP contribution is -2.37. The van der Waals surface area contributed by atoms with E-state index in [2.05, 4.69) is 17.6 Å². The van der Waals surface area contributed by atoms with Crippen LogP contribution < -0.4 is 27.2 Å². The predicted octanol–water partition coefficient (Wildman–Crippen LogP) is 2.06. The van der Waals surface area contributed by atoms with Crippen molar-refractivity contribution in [1.29, 1.82) is 0 Å². The van der Waals surface area contributed by atoms with Gasteiger partial charge in [0.2, 0.25) is 5.91 Å². The Hall–Kier alpha value is -2.70. The molecule has 2 unspecified atom stereocenters. The van der Waals surface area contributed by atoms with E-state index in [1.54, 1.807) is 12.1 Å². The van der Waals surface area contributed by atoms with Crippen molar-refractivity contribution in [1.82, 2.24) is 5.32 Å². The van der Waals surface area contributed by atoms with Gasteiger partial charge in [-0.2, -0.15) is 0 Å². The molecule has 4 N–H and O–H groups in total. The average molecular weight is 373 g/mol. The van der Waals surface area contributed by atoms with Crippen LogP contribution in [-0.4, -0.2) is 5.91 Å². The monoisotopic (exact) mass is 373 g/mol. The molecule has 144 valence electrons. The van der Waals surface area contributed by atoms with Crippen molar-refractivity contribution in [3.8, 4) is 0 Å². The van der Waals surface area contributed by atoms with Crippen LogP contribution >= 0.6 is 0 Å². The number of amides is 1. The fourth-order valence-electron chi connectivity index (χ4n) is 3.65. The van der Waals surface area contributed by atoms with Gasteiger partial charge in [-0.05, 0) is 36.5 Å². The SMILES string of the molecule is CC1CCCC(C(=O)NCc2ccc(F)c(CNc3c(N)c(=O)c3=O)c2)C1. The third-order valence-electron chi connectivity index (χ3n) is 5.29. The van der Waals surface area contributed by atoms with Gasteiger partial charge in [-0.3, -0.25) is 14.4 Å². The van der Waals surface area contributed by atoms with Crippen LogP contribution in [0, 0.1) is 17.7 Å². The number of anilines is 2. The summed E-state index contributed by atoms with van der Waals surface area (Å²) in [5.74, 6) is 0.228. The van der Waals surface area contributed by atoms with Crippen molar-refractivity contribution in [2.24, 2.45) is 11.8 Å². The van der Waals surface area contributed by atoms with Crippen LogP contribution in [0.2, 0.25) is 0 Å². The molecule has 0 aliphatic heterocycles. The van der Waals surface area contributed by atoms with Crippen LogP contribution in [-0.2, 0) is 17.9 Å². The standard InChI is InChI=1S/C20H24FN3O3/c1-11-3-2-4-13(7-11)20(27)24-9-12-5-6-15(21)14(8-12)10-23-17-16(22)18(25)19(17)26/h5-6,8,11,13,23H,2-4,7,9-10,22H2,1H3,(H,24,27). The quantitative estimate of drug-likeness (QED) is 0.673. The molecule has 7 heteroatoms. The van der Waals surface area contributed by atoms with Crippen molar-refractivity contribution >= 4 is 17.3 Å². The molecule has 6 nitrogen and oxygen atoms in total. The van der Waals surface area contributed by atoms with Gasteiger partial charge >= 0.3 is 0 Å². The van der Waals surface area contributed by atoms with Gasteiger partial charge in [0.25, 0.3) is 10.9 Å². The van der Waals surface area contributed by atoms with Gasteiger partial charge in [0.05, 0.1) is 0 Å². The van der Waals surface area contributed by atoms with Crippen LogP contribution in [0.1, 0.15) is 43.7 Å². The zero-order chi connectivity index (χ0) is 19.6. The summed E-state index contributed by atoms with van der Waals surface area (Å²) in [4.78, 5) is 34.9. The first-order valence-corrected chi connectivity index (χ1v) is 9.24. The van der Waals surface area contributed by atoms with Crippen LogP contribution in [0.25, 0.3) is 0 Å². The summed E-state index contributed by atoms with van der Waals surface area (Å²) in [6.45, 7) is 2.52. The summed E-state index contributed by atoms with van der Waals surface area (Å²) in [7, 11) is 0. The molecule has 0 heterocycles. The second kappa shape index (κ2) is 7.90. The number of halogens is 1. The third-order valence-corrected chi connectivity index (χ3v) is 5.29. The summed E-state index contributed by atoms with van der Waals surface area (Å²) in [6, 6.07) is 4.58. The Balaban J connectivity index is 1.59. The van der Waals surface area contributed by atoms with E-state index in [1.807, 2.05) is 0 Å². The maximum atomic E-state index is 14.0. The number of nitrogens with two attached hydrogens (primary N) is 1. The van der Waals surface area contributed by atoms with E-state index in [1.165, 1.54) is 12.5 Å². The molecule has 0 radical (unpaired) electrons. The minimum absolute atomic E-state index is 0.0306. The highest BCUT2D eigenvalue weighted by Crippen LogP contribution is 2.28. The average Bonchev–Trinajstić information content (AvgIpc) is 2.67. The number of benzene rings is 1. The zero-order valence-electron chi connectivity index (χ0n) is 15.3. The van der Waals surface area contributed by atoms with Gasteiger partial charge < -0.3 is 16.4 Å². The fraction of sp³-hybridized carbons (Fsp3) is 0.450. The van der Waals surface area contributed by atoms with E-state index in [9.17, 15) is 18.8 Å².